The predicted molar refractivity (Wildman–Crippen MR) is 154 cm³/mol. The molecule has 2 aliphatic rings. The smallest absolute Gasteiger partial charge is 0.328 e. The van der Waals surface area contributed by atoms with Crippen LogP contribution in [0.1, 0.15) is 56.0 Å². The summed E-state index contributed by atoms with van der Waals surface area (Å²) in [6, 6.07) is 16.4. The molecule has 5 atom stereocenters. The number of carbonyl (C=O) groups excluding carboxylic acids is 4. The summed E-state index contributed by atoms with van der Waals surface area (Å²) >= 11 is 0. The van der Waals surface area contributed by atoms with Crippen LogP contribution in [0.25, 0.3) is 0 Å². The van der Waals surface area contributed by atoms with E-state index in [2.05, 4.69) is 5.32 Å². The lowest BCUT2D eigenvalue weighted by Crippen LogP contribution is -2.59. The van der Waals surface area contributed by atoms with Gasteiger partial charge < -0.3 is 19.3 Å². The molecule has 0 unspecified atom stereocenters. The largest absolute Gasteiger partial charge is 0.465 e. The Kier molecular flexibility index (Phi) is 10.5. The van der Waals surface area contributed by atoms with Crippen LogP contribution < -0.4 is 5.32 Å². The number of esters is 2. The molecule has 0 radical (unpaired) electrons. The molecule has 2 aromatic carbocycles. The van der Waals surface area contributed by atoms with E-state index in [0.717, 1.165) is 5.56 Å². The van der Waals surface area contributed by atoms with E-state index in [0.29, 0.717) is 44.3 Å². The topological polar surface area (TPSA) is 105 Å². The average Bonchev–Trinajstić information content (AvgIpc) is 3.38. The first-order chi connectivity index (χ1) is 19.8. The molecule has 2 aromatic rings. The number of amides is 2. The Morgan fingerprint density at radius 3 is 2.27 bits per heavy atom. The minimum atomic E-state index is -0.768. The summed E-state index contributed by atoms with van der Waals surface area (Å²) in [5.41, 5.74) is 1.67. The summed E-state index contributed by atoms with van der Waals surface area (Å²) in [4.78, 5) is 56.6. The molecule has 0 aromatic heterocycles. The number of benzene rings is 2. The van der Waals surface area contributed by atoms with Crippen molar-refractivity contribution in [3.8, 4) is 0 Å². The van der Waals surface area contributed by atoms with Crippen LogP contribution >= 0.6 is 0 Å². The number of fused-ring (bicyclic) bond motifs is 1. The lowest BCUT2D eigenvalue weighted by atomic mass is 9.91. The SMILES string of the molecule is CCOC(=O)[C@@H](CCc1ccccc1)N[C@@H](C)C(=O)N1[C@H](C(=O)OCC)C[C@H]2CCN(C(=O)c3ccccc3)C[C@@H]21. The highest BCUT2D eigenvalue weighted by Gasteiger charge is 2.51. The van der Waals surface area contributed by atoms with Crippen LogP contribution in [0.3, 0.4) is 0 Å². The monoisotopic (exact) mass is 563 g/mol. The Morgan fingerprint density at radius 1 is 0.951 bits per heavy atom. The van der Waals surface area contributed by atoms with Gasteiger partial charge >= 0.3 is 11.9 Å². The van der Waals surface area contributed by atoms with Crippen molar-refractivity contribution in [2.75, 3.05) is 26.3 Å². The molecule has 2 saturated heterocycles. The van der Waals surface area contributed by atoms with E-state index in [1.54, 1.807) is 42.7 Å². The van der Waals surface area contributed by atoms with Crippen LogP contribution in [0.5, 0.6) is 0 Å². The van der Waals surface area contributed by atoms with E-state index in [1.807, 2.05) is 48.5 Å². The van der Waals surface area contributed by atoms with E-state index in [4.69, 9.17) is 9.47 Å². The fourth-order valence-electron chi connectivity index (χ4n) is 5.98. The maximum absolute atomic E-state index is 14.1. The molecular formula is C32H41N3O6. The van der Waals surface area contributed by atoms with Gasteiger partial charge in [-0.3, -0.25) is 19.7 Å². The lowest BCUT2D eigenvalue weighted by Gasteiger charge is -2.40. The molecule has 4 rings (SSSR count). The van der Waals surface area contributed by atoms with Crippen LogP contribution in [0.4, 0.5) is 0 Å². The molecule has 9 heteroatoms. The maximum atomic E-state index is 14.1. The summed E-state index contributed by atoms with van der Waals surface area (Å²) in [6.07, 6.45) is 2.26. The second-order valence-electron chi connectivity index (χ2n) is 10.7. The molecule has 2 fully saturated rings. The van der Waals surface area contributed by atoms with Gasteiger partial charge in [0.15, 0.2) is 0 Å². The van der Waals surface area contributed by atoms with Crippen LogP contribution in [0.2, 0.25) is 0 Å². The van der Waals surface area contributed by atoms with Crippen molar-refractivity contribution in [2.45, 2.75) is 70.6 Å². The number of nitrogens with zero attached hydrogens (tertiary/aromatic N) is 2. The number of ether oxygens (including phenoxy) is 2. The van der Waals surface area contributed by atoms with Gasteiger partial charge in [-0.2, -0.15) is 0 Å². The first-order valence-electron chi connectivity index (χ1n) is 14.6. The van der Waals surface area contributed by atoms with Gasteiger partial charge in [-0.25, -0.2) is 4.79 Å². The molecule has 0 bridgehead atoms. The van der Waals surface area contributed by atoms with Gasteiger partial charge in [0.1, 0.15) is 12.1 Å². The number of nitrogens with one attached hydrogen (secondary N) is 1. The Balaban J connectivity index is 1.52. The van der Waals surface area contributed by atoms with Crippen LogP contribution in [0.15, 0.2) is 60.7 Å². The zero-order valence-electron chi connectivity index (χ0n) is 24.2. The fraction of sp³-hybridized carbons (Fsp3) is 0.500. The van der Waals surface area contributed by atoms with E-state index in [-0.39, 0.29) is 37.0 Å². The standard InChI is InChI=1S/C32H41N3O6/c1-4-40-31(38)26(17-16-23-12-8-6-9-13-23)33-22(3)29(36)35-27(32(39)41-5-2)20-25-18-19-34(21-28(25)35)30(37)24-14-10-7-11-15-24/h6-15,22,25-28,33H,4-5,16-21H2,1-3H3/t22-,25+,26+,27-,28-/m0/s1. The van der Waals surface area contributed by atoms with Crippen molar-refractivity contribution in [3.63, 3.8) is 0 Å². The number of hydrogen-bond acceptors (Lipinski definition) is 7. The zero-order chi connectivity index (χ0) is 29.4. The molecule has 2 aliphatic heterocycles. The van der Waals surface area contributed by atoms with Crippen molar-refractivity contribution < 1.29 is 28.7 Å². The number of aryl methyl sites for hydroxylation is 1. The van der Waals surface area contributed by atoms with E-state index in [9.17, 15) is 19.2 Å². The molecule has 1 N–H and O–H groups in total. The summed E-state index contributed by atoms with van der Waals surface area (Å²) in [7, 11) is 0. The molecule has 2 heterocycles. The molecule has 0 saturated carbocycles. The fourth-order valence-corrected chi connectivity index (χ4v) is 5.98. The van der Waals surface area contributed by atoms with Crippen molar-refractivity contribution >= 4 is 23.8 Å². The maximum Gasteiger partial charge on any atom is 0.328 e. The van der Waals surface area contributed by atoms with Crippen LogP contribution in [-0.2, 0) is 30.3 Å². The van der Waals surface area contributed by atoms with E-state index < -0.39 is 30.1 Å². The quantitative estimate of drug-likeness (QED) is 0.419. The van der Waals surface area contributed by atoms with Crippen molar-refractivity contribution in [1.82, 2.24) is 15.1 Å². The average molecular weight is 564 g/mol. The van der Waals surface area contributed by atoms with Crippen molar-refractivity contribution in [1.29, 1.82) is 0 Å². The third-order valence-electron chi connectivity index (χ3n) is 8.02. The molecule has 0 aliphatic carbocycles. The number of likely N-dealkylation sites (tertiary alicyclic amines) is 2. The number of hydrogen-bond donors (Lipinski definition) is 1. The molecular weight excluding hydrogens is 522 g/mol. The molecule has 41 heavy (non-hydrogen) atoms. The predicted octanol–water partition coefficient (Wildman–Crippen LogP) is 3.22. The second kappa shape index (κ2) is 14.3. The Morgan fingerprint density at radius 2 is 1.61 bits per heavy atom. The first-order valence-corrected chi connectivity index (χ1v) is 14.6. The zero-order valence-corrected chi connectivity index (χ0v) is 24.2. The van der Waals surface area contributed by atoms with Gasteiger partial charge in [0.05, 0.1) is 25.3 Å². The van der Waals surface area contributed by atoms with Crippen LogP contribution in [0, 0.1) is 5.92 Å². The van der Waals surface area contributed by atoms with Gasteiger partial charge in [0.25, 0.3) is 5.91 Å². The molecule has 9 nitrogen and oxygen atoms in total. The summed E-state index contributed by atoms with van der Waals surface area (Å²) in [6.45, 7) is 6.54. The first kappa shape index (κ1) is 30.2. The Bertz CT molecular complexity index is 1190. The van der Waals surface area contributed by atoms with Gasteiger partial charge in [-0.1, -0.05) is 48.5 Å². The number of carbonyl (C=O) groups is 4. The molecule has 2 amide bonds. The van der Waals surface area contributed by atoms with Gasteiger partial charge in [-0.15, -0.1) is 0 Å². The minimum Gasteiger partial charge on any atom is -0.465 e. The highest BCUT2D eigenvalue weighted by atomic mass is 16.5. The van der Waals surface area contributed by atoms with Gasteiger partial charge in [0, 0.05) is 18.7 Å². The van der Waals surface area contributed by atoms with Crippen LogP contribution in [-0.4, -0.2) is 84.0 Å². The summed E-state index contributed by atoms with van der Waals surface area (Å²) in [5.74, 6) is -1.17. The van der Waals surface area contributed by atoms with Crippen molar-refractivity contribution in [3.05, 3.63) is 71.8 Å². The summed E-state index contributed by atoms with van der Waals surface area (Å²) in [5, 5.41) is 3.20. The highest BCUT2D eigenvalue weighted by molar-refractivity contribution is 5.94. The molecule has 0 spiro atoms. The number of rotatable bonds is 11. The van der Waals surface area contributed by atoms with Gasteiger partial charge in [-0.05, 0) is 70.1 Å². The Labute approximate surface area is 242 Å². The minimum absolute atomic E-state index is 0.0688. The highest BCUT2D eigenvalue weighted by Crippen LogP contribution is 2.37. The third-order valence-corrected chi connectivity index (χ3v) is 8.02. The summed E-state index contributed by atoms with van der Waals surface area (Å²) < 4.78 is 10.7. The third kappa shape index (κ3) is 7.33. The second-order valence-corrected chi connectivity index (χ2v) is 10.7. The van der Waals surface area contributed by atoms with Gasteiger partial charge in [0.2, 0.25) is 5.91 Å². The lowest BCUT2D eigenvalue weighted by molar-refractivity contribution is -0.155. The van der Waals surface area contributed by atoms with Crippen molar-refractivity contribution in [2.24, 2.45) is 5.92 Å². The van der Waals surface area contributed by atoms with E-state index in [1.165, 1.54) is 0 Å². The number of piperidine rings is 1. The normalized spacial score (nSPS) is 21.5. The van der Waals surface area contributed by atoms with E-state index >= 15 is 0 Å². The Hall–Kier alpha value is -3.72. The molecule has 220 valence electrons.